The molecule has 2 heterocycles. The molecule has 2 aromatic rings. The Kier molecular flexibility index (Phi) is 23.2. The Morgan fingerprint density at radius 3 is 1.92 bits per heavy atom. The van der Waals surface area contributed by atoms with Gasteiger partial charge in [0.25, 0.3) is 0 Å². The molecule has 2 saturated heterocycles. The molecular formula is C51H73N13O10S2. The molecule has 76 heavy (non-hydrogen) atoms. The van der Waals surface area contributed by atoms with Gasteiger partial charge in [-0.05, 0) is 55.6 Å². The fraction of sp³-hybridized carbons (Fsp3) is 0.549. The van der Waals surface area contributed by atoms with Gasteiger partial charge in [0, 0.05) is 42.9 Å². The normalized spacial score (nSPS) is 23.4. The molecule has 10 amide bonds. The smallest absolute Gasteiger partial charge is 0.246 e. The third-order valence-electron chi connectivity index (χ3n) is 13.3. The average Bonchev–Trinajstić information content (AvgIpc) is 3.87. The molecule has 0 bridgehead atoms. The molecule has 2 aliphatic heterocycles. The summed E-state index contributed by atoms with van der Waals surface area (Å²) in [4.78, 5) is 144. The Balaban J connectivity index is 1.51. The maximum Gasteiger partial charge on any atom is 0.246 e. The summed E-state index contributed by atoms with van der Waals surface area (Å²) in [5, 5.41) is 19.0. The van der Waals surface area contributed by atoms with Gasteiger partial charge < -0.3 is 65.1 Å². The Hall–Kier alpha value is -6.89. The fourth-order valence-electron chi connectivity index (χ4n) is 9.39. The monoisotopic (exact) mass is 1090 g/mol. The summed E-state index contributed by atoms with van der Waals surface area (Å²) in [5.74, 6) is -8.39. The van der Waals surface area contributed by atoms with E-state index in [1.807, 2.05) is 30.3 Å². The lowest BCUT2D eigenvalue weighted by Crippen LogP contribution is -2.61. The lowest BCUT2D eigenvalue weighted by Gasteiger charge is -2.37. The largest absolute Gasteiger partial charge is 0.370 e. The van der Waals surface area contributed by atoms with Crippen LogP contribution in [0.2, 0.25) is 0 Å². The Bertz CT molecular complexity index is 2410. The topological polar surface area (TPSA) is 375 Å². The SMILES string of the molecule is CC(C)[C@H]1NC(=O)[C@H](Cc2ccccc2)NC(=O)[C@H](Cc2ccccc2)NC(=O)CC2(CCCCC2)SSC[C@@H](C(=O)N2CCC[C@H]2C(=O)N[C@H](CCCN=C(N)N)C(=O)NCC(N)=O)NC(=O)[C@H](CC(N)=O)NC1=O. The molecule has 1 aliphatic carbocycles. The second-order valence-corrected chi connectivity index (χ2v) is 22.6. The highest BCUT2D eigenvalue weighted by Crippen LogP contribution is 2.48. The van der Waals surface area contributed by atoms with Gasteiger partial charge in [-0.15, -0.1) is 0 Å². The van der Waals surface area contributed by atoms with Crippen molar-refractivity contribution in [2.24, 2.45) is 33.8 Å². The lowest BCUT2D eigenvalue weighted by atomic mass is 9.85. The van der Waals surface area contributed by atoms with Crippen LogP contribution in [0.15, 0.2) is 65.7 Å². The maximum atomic E-state index is 14.9. The number of hydrogen-bond donors (Lipinski definition) is 11. The molecule has 23 nitrogen and oxygen atoms in total. The summed E-state index contributed by atoms with van der Waals surface area (Å²) in [6.07, 6.45) is 3.93. The van der Waals surface area contributed by atoms with Crippen LogP contribution in [0.25, 0.3) is 0 Å². The van der Waals surface area contributed by atoms with Crippen molar-refractivity contribution in [1.82, 2.24) is 42.1 Å². The molecule has 3 fully saturated rings. The summed E-state index contributed by atoms with van der Waals surface area (Å²) < 4.78 is -0.690. The van der Waals surface area contributed by atoms with Crippen LogP contribution in [-0.4, -0.2) is 142 Å². The minimum absolute atomic E-state index is 0.00303. The first-order valence-electron chi connectivity index (χ1n) is 25.6. The van der Waals surface area contributed by atoms with Gasteiger partial charge in [-0.2, -0.15) is 0 Å². The number of carbonyl (C=O) groups is 10. The van der Waals surface area contributed by atoms with Crippen molar-refractivity contribution in [3.63, 3.8) is 0 Å². The molecule has 25 heteroatoms. The molecular weight excluding hydrogens is 1020 g/mol. The zero-order chi connectivity index (χ0) is 55.4. The summed E-state index contributed by atoms with van der Waals surface area (Å²) in [6.45, 7) is 3.00. The van der Waals surface area contributed by atoms with Crippen molar-refractivity contribution in [1.29, 1.82) is 0 Å². The van der Waals surface area contributed by atoms with Crippen molar-refractivity contribution >= 4 is 86.6 Å². The van der Waals surface area contributed by atoms with Crippen LogP contribution in [0.1, 0.15) is 95.6 Å². The van der Waals surface area contributed by atoms with Crippen molar-refractivity contribution in [2.45, 2.75) is 144 Å². The van der Waals surface area contributed by atoms with Gasteiger partial charge >= 0.3 is 0 Å². The van der Waals surface area contributed by atoms with Gasteiger partial charge in [0.2, 0.25) is 59.1 Å². The number of nitrogens with two attached hydrogens (primary N) is 4. The van der Waals surface area contributed by atoms with Crippen molar-refractivity contribution in [2.75, 3.05) is 25.4 Å². The highest BCUT2D eigenvalue weighted by atomic mass is 33.1. The van der Waals surface area contributed by atoms with Crippen molar-refractivity contribution < 1.29 is 47.9 Å². The number of primary amides is 2. The summed E-state index contributed by atoms with van der Waals surface area (Å²) in [7, 11) is 2.60. The number of benzene rings is 2. The number of rotatable bonds is 17. The molecule has 414 valence electrons. The Labute approximate surface area is 450 Å². The van der Waals surface area contributed by atoms with E-state index in [1.54, 1.807) is 44.2 Å². The number of hydrogen-bond acceptors (Lipinski definition) is 13. The van der Waals surface area contributed by atoms with Crippen LogP contribution < -0.4 is 60.2 Å². The van der Waals surface area contributed by atoms with Crippen LogP contribution in [-0.2, 0) is 60.8 Å². The van der Waals surface area contributed by atoms with Gasteiger partial charge in [0.15, 0.2) is 5.96 Å². The van der Waals surface area contributed by atoms with Gasteiger partial charge in [0.1, 0.15) is 42.3 Å². The molecule has 0 aromatic heterocycles. The minimum atomic E-state index is -1.65. The Morgan fingerprint density at radius 2 is 1.33 bits per heavy atom. The fourth-order valence-corrected chi connectivity index (χ4v) is 12.8. The first kappa shape index (κ1) is 60.0. The summed E-state index contributed by atoms with van der Waals surface area (Å²) in [5.41, 5.74) is 23.2. The highest BCUT2D eigenvalue weighted by Gasteiger charge is 2.42. The van der Waals surface area contributed by atoms with E-state index < -0.39 is 125 Å². The maximum absolute atomic E-state index is 14.9. The van der Waals surface area contributed by atoms with Gasteiger partial charge in [0.05, 0.1) is 13.0 Å². The van der Waals surface area contributed by atoms with E-state index in [0.717, 1.165) is 24.8 Å². The zero-order valence-electron chi connectivity index (χ0n) is 43.0. The van der Waals surface area contributed by atoms with Crippen molar-refractivity contribution in [3.8, 4) is 0 Å². The van der Waals surface area contributed by atoms with E-state index in [-0.39, 0.29) is 63.3 Å². The van der Waals surface area contributed by atoms with Gasteiger partial charge in [-0.25, -0.2) is 0 Å². The van der Waals surface area contributed by atoms with Crippen LogP contribution in [0.3, 0.4) is 0 Å². The van der Waals surface area contributed by atoms with Crippen LogP contribution in [0.5, 0.6) is 0 Å². The molecule has 3 aliphatic rings. The van der Waals surface area contributed by atoms with Crippen LogP contribution in [0.4, 0.5) is 0 Å². The molecule has 0 unspecified atom stereocenters. The number of likely N-dealkylation sites (tertiary alicyclic amines) is 1. The number of amides is 10. The average molecular weight is 1090 g/mol. The first-order valence-corrected chi connectivity index (χ1v) is 28.0. The predicted octanol–water partition coefficient (Wildman–Crippen LogP) is -0.954. The second-order valence-electron chi connectivity index (χ2n) is 19.8. The third kappa shape index (κ3) is 18.7. The second kappa shape index (κ2) is 29.4. The molecule has 15 N–H and O–H groups in total. The molecule has 7 atom stereocenters. The molecule has 2 aromatic carbocycles. The van der Waals surface area contributed by atoms with E-state index in [4.69, 9.17) is 22.9 Å². The third-order valence-corrected chi connectivity index (χ3v) is 16.6. The quantitative estimate of drug-likeness (QED) is 0.0394. The van der Waals surface area contributed by atoms with E-state index in [9.17, 15) is 47.9 Å². The molecule has 5 rings (SSSR count). The van der Waals surface area contributed by atoms with Gasteiger partial charge in [-0.1, -0.05) is 115 Å². The number of guanidine groups is 1. The van der Waals surface area contributed by atoms with E-state index >= 15 is 0 Å². The zero-order valence-corrected chi connectivity index (χ0v) is 44.6. The molecule has 1 spiro atoms. The number of nitrogens with one attached hydrogen (secondary N) is 7. The minimum Gasteiger partial charge on any atom is -0.370 e. The van der Waals surface area contributed by atoms with Crippen LogP contribution >= 0.6 is 21.6 Å². The van der Waals surface area contributed by atoms with E-state index in [0.29, 0.717) is 24.8 Å². The predicted molar refractivity (Wildman–Crippen MR) is 288 cm³/mol. The number of nitrogens with zero attached hydrogens (tertiary/aromatic N) is 2. The summed E-state index contributed by atoms with van der Waals surface area (Å²) in [6, 6.07) is 8.97. The standard InChI is InChI=1S/C51H73N13O10S2/c1-30(2)42-48(73)61-36(26-39(52)65)45(70)62-37(49(74)64-23-13-19-38(64)47(72)59-33(18-12-22-56-50(54)55)43(68)57-28-40(53)66)29-75-76-51(20-10-5-11-21-51)27-41(67)58-34(24-31-14-6-3-7-15-31)44(69)60-35(46(71)63-42)25-32-16-8-4-9-17-32/h3-4,6-9,14-17,30,33-38,42H,5,10-13,18-29H2,1-2H3,(H2,52,65)(H2,53,66)(H,57,68)(H,58,67)(H,59,72)(H,60,69)(H,61,73)(H,62,70)(H,63,71)(H4,54,55,56)/t33-,34+,35+,36+,37+,38+,42-/m1/s1. The first-order chi connectivity index (χ1) is 36.2. The number of aliphatic imine (C=N–C) groups is 1. The number of carbonyl (C=O) groups excluding carboxylic acids is 10. The highest BCUT2D eigenvalue weighted by molar-refractivity contribution is 8.77. The van der Waals surface area contributed by atoms with Crippen LogP contribution in [0, 0.1) is 5.92 Å². The summed E-state index contributed by atoms with van der Waals surface area (Å²) >= 11 is 0. The van der Waals surface area contributed by atoms with Crippen molar-refractivity contribution in [3.05, 3.63) is 71.8 Å². The van der Waals surface area contributed by atoms with Gasteiger partial charge in [-0.3, -0.25) is 52.9 Å². The Morgan fingerprint density at radius 1 is 0.737 bits per heavy atom. The lowest BCUT2D eigenvalue weighted by molar-refractivity contribution is -0.142. The molecule has 0 radical (unpaired) electrons. The van der Waals surface area contributed by atoms with E-state index in [1.165, 1.54) is 26.5 Å². The van der Waals surface area contributed by atoms with E-state index in [2.05, 4.69) is 42.2 Å². The molecule has 1 saturated carbocycles.